The second kappa shape index (κ2) is 13.8. The van der Waals surface area contributed by atoms with Gasteiger partial charge in [-0.1, -0.05) is 63.2 Å². The van der Waals surface area contributed by atoms with Gasteiger partial charge in [-0.2, -0.15) is 0 Å². The van der Waals surface area contributed by atoms with Gasteiger partial charge in [-0.25, -0.2) is 9.59 Å². The summed E-state index contributed by atoms with van der Waals surface area (Å²) in [6.07, 6.45) is 1.10. The molecule has 5 rings (SSSR count). The minimum Gasteiger partial charge on any atom is -0.492 e. The molecule has 0 saturated carbocycles. The van der Waals surface area contributed by atoms with Crippen LogP contribution in [0.1, 0.15) is 55.9 Å². The molecule has 46 heavy (non-hydrogen) atoms. The van der Waals surface area contributed by atoms with Crippen molar-refractivity contribution in [1.29, 1.82) is 0 Å². The molecule has 4 aromatic carbocycles. The summed E-state index contributed by atoms with van der Waals surface area (Å²) in [4.78, 5) is 26.3. The predicted molar refractivity (Wildman–Crippen MR) is 185 cm³/mol. The summed E-state index contributed by atoms with van der Waals surface area (Å²) >= 11 is 0. The number of ether oxygens (including phenoxy) is 3. The molecule has 1 atom stereocenters. The Hall–Kier alpha value is -4.60. The fraction of sp³-hybridized carbons (Fsp3) is 0.351. The van der Waals surface area contributed by atoms with E-state index in [1.165, 1.54) is 18.2 Å². The van der Waals surface area contributed by atoms with Gasteiger partial charge in [0, 0.05) is 18.5 Å². The van der Waals surface area contributed by atoms with Gasteiger partial charge in [-0.05, 0) is 89.1 Å². The Balaban J connectivity index is 1.42. The van der Waals surface area contributed by atoms with Crippen LogP contribution in [-0.4, -0.2) is 38.6 Å². The molecule has 5 N–H and O–H groups in total. The number of anilines is 3. The summed E-state index contributed by atoms with van der Waals surface area (Å²) in [6, 6.07) is 19.4. The van der Waals surface area contributed by atoms with E-state index in [9.17, 15) is 9.59 Å². The maximum Gasteiger partial charge on any atom is 0.411 e. The van der Waals surface area contributed by atoms with Crippen LogP contribution in [-0.2, 0) is 21.4 Å². The lowest BCUT2D eigenvalue weighted by atomic mass is 9.86. The van der Waals surface area contributed by atoms with Crippen LogP contribution in [0.15, 0.2) is 60.7 Å². The number of amides is 3. The van der Waals surface area contributed by atoms with Crippen molar-refractivity contribution in [2.45, 2.75) is 65.5 Å². The van der Waals surface area contributed by atoms with E-state index in [1.807, 2.05) is 42.5 Å². The summed E-state index contributed by atoms with van der Waals surface area (Å²) in [6.45, 7) is 11.7. The zero-order valence-electron chi connectivity index (χ0n) is 27.5. The molecular weight excluding hydrogens is 580 g/mol. The Morgan fingerprint density at radius 3 is 2.22 bits per heavy atom. The summed E-state index contributed by atoms with van der Waals surface area (Å²) in [5.74, 6) is 0.309. The standard InChI is InChI=1S/C37H44N4O5/c1-22-23(2)27(14-13-24(22)20-38)29-15-16-31(30-12-8-7-11-28(29)30)39-35(42)40-32-18-25(37(3,4)5)19-33(34(32)44-6)41-36(43)46-21-26-10-9-17-45-26/h7-8,11-16,18-19,26H,9-10,17,20-21,38H2,1-6H3,(H,41,43)(H2,39,40,42). The van der Waals surface area contributed by atoms with E-state index >= 15 is 0 Å². The average molecular weight is 625 g/mol. The molecule has 1 aliphatic rings. The van der Waals surface area contributed by atoms with E-state index in [4.69, 9.17) is 19.9 Å². The molecule has 4 aromatic rings. The zero-order chi connectivity index (χ0) is 33.0. The third kappa shape index (κ3) is 7.11. The summed E-state index contributed by atoms with van der Waals surface area (Å²) < 4.78 is 16.7. The van der Waals surface area contributed by atoms with Crippen molar-refractivity contribution in [2.24, 2.45) is 5.73 Å². The number of nitrogens with one attached hydrogen (secondary N) is 3. The lowest BCUT2D eigenvalue weighted by Crippen LogP contribution is -2.23. The largest absolute Gasteiger partial charge is 0.492 e. The third-order valence-electron chi connectivity index (χ3n) is 8.65. The van der Waals surface area contributed by atoms with E-state index in [-0.39, 0.29) is 18.1 Å². The van der Waals surface area contributed by atoms with Crippen LogP contribution in [0, 0.1) is 13.8 Å². The molecule has 9 nitrogen and oxygen atoms in total. The van der Waals surface area contributed by atoms with Crippen molar-refractivity contribution in [3.05, 3.63) is 82.9 Å². The molecule has 1 aliphatic heterocycles. The van der Waals surface area contributed by atoms with Crippen LogP contribution in [0.3, 0.4) is 0 Å². The molecule has 0 radical (unpaired) electrons. The third-order valence-corrected chi connectivity index (χ3v) is 8.65. The maximum absolute atomic E-state index is 13.5. The quantitative estimate of drug-likeness (QED) is 0.156. The van der Waals surface area contributed by atoms with Crippen molar-refractivity contribution >= 4 is 40.0 Å². The summed E-state index contributed by atoms with van der Waals surface area (Å²) in [5, 5.41) is 10.7. The van der Waals surface area contributed by atoms with Gasteiger partial charge in [-0.15, -0.1) is 0 Å². The summed E-state index contributed by atoms with van der Waals surface area (Å²) in [7, 11) is 1.49. The second-order valence-electron chi connectivity index (χ2n) is 12.7. The number of hydrogen-bond donors (Lipinski definition) is 4. The van der Waals surface area contributed by atoms with Gasteiger partial charge in [0.15, 0.2) is 5.75 Å². The van der Waals surface area contributed by atoms with Gasteiger partial charge in [0.05, 0.1) is 30.3 Å². The molecule has 0 bridgehead atoms. The number of rotatable bonds is 8. The van der Waals surface area contributed by atoms with E-state index in [1.54, 1.807) is 0 Å². The fourth-order valence-electron chi connectivity index (χ4n) is 5.87. The number of nitrogens with two attached hydrogens (primary N) is 1. The molecule has 0 spiro atoms. The van der Waals surface area contributed by atoms with Crippen LogP contribution in [0.4, 0.5) is 26.7 Å². The molecule has 1 heterocycles. The number of hydrogen-bond acceptors (Lipinski definition) is 6. The molecule has 242 valence electrons. The van der Waals surface area contributed by atoms with Crippen molar-refractivity contribution in [1.82, 2.24) is 0 Å². The topological polar surface area (TPSA) is 124 Å². The van der Waals surface area contributed by atoms with E-state index in [0.29, 0.717) is 36.0 Å². The van der Waals surface area contributed by atoms with Gasteiger partial charge in [0.2, 0.25) is 0 Å². The smallest absolute Gasteiger partial charge is 0.411 e. The highest BCUT2D eigenvalue weighted by molar-refractivity contribution is 6.10. The highest BCUT2D eigenvalue weighted by Gasteiger charge is 2.24. The van der Waals surface area contributed by atoms with Crippen LogP contribution in [0.5, 0.6) is 5.75 Å². The van der Waals surface area contributed by atoms with E-state index in [2.05, 4.69) is 68.8 Å². The SMILES string of the molecule is COc1c(NC(=O)Nc2ccc(-c3ccc(CN)c(C)c3C)c3ccccc23)cc(C(C)(C)C)cc1NC(=O)OCC1CCCO1. The monoisotopic (exact) mass is 624 g/mol. The number of carbonyl (C=O) groups is 2. The van der Waals surface area contributed by atoms with Crippen LogP contribution in [0.25, 0.3) is 21.9 Å². The first-order chi connectivity index (χ1) is 22.0. The van der Waals surface area contributed by atoms with Crippen molar-refractivity contribution < 1.29 is 23.8 Å². The van der Waals surface area contributed by atoms with Gasteiger partial charge in [0.1, 0.15) is 6.61 Å². The minimum absolute atomic E-state index is 0.0931. The lowest BCUT2D eigenvalue weighted by molar-refractivity contribution is 0.0484. The van der Waals surface area contributed by atoms with E-state index in [0.717, 1.165) is 45.9 Å². The fourth-order valence-corrected chi connectivity index (χ4v) is 5.87. The van der Waals surface area contributed by atoms with Gasteiger partial charge in [0.25, 0.3) is 0 Å². The first-order valence-corrected chi connectivity index (χ1v) is 15.7. The Morgan fingerprint density at radius 1 is 0.891 bits per heavy atom. The van der Waals surface area contributed by atoms with Gasteiger partial charge >= 0.3 is 12.1 Å². The van der Waals surface area contributed by atoms with Crippen LogP contribution in [0.2, 0.25) is 0 Å². The Bertz CT molecular complexity index is 1760. The number of fused-ring (bicyclic) bond motifs is 1. The molecule has 0 aromatic heterocycles. The first-order valence-electron chi connectivity index (χ1n) is 15.7. The van der Waals surface area contributed by atoms with Crippen LogP contribution >= 0.6 is 0 Å². The minimum atomic E-state index is -0.620. The zero-order valence-corrected chi connectivity index (χ0v) is 27.5. The highest BCUT2D eigenvalue weighted by atomic mass is 16.6. The Labute approximate surface area is 270 Å². The van der Waals surface area contributed by atoms with Crippen molar-refractivity contribution in [3.63, 3.8) is 0 Å². The van der Waals surface area contributed by atoms with E-state index < -0.39 is 12.1 Å². The van der Waals surface area contributed by atoms with Crippen molar-refractivity contribution in [2.75, 3.05) is 36.3 Å². The molecule has 3 amide bonds. The van der Waals surface area contributed by atoms with Crippen LogP contribution < -0.4 is 26.4 Å². The number of benzene rings is 4. The molecule has 9 heteroatoms. The Morgan fingerprint density at radius 2 is 1.57 bits per heavy atom. The number of carbonyl (C=O) groups excluding carboxylic acids is 2. The average Bonchev–Trinajstić information content (AvgIpc) is 3.55. The number of methoxy groups -OCH3 is 1. The van der Waals surface area contributed by atoms with Gasteiger partial charge < -0.3 is 30.6 Å². The normalized spacial score (nSPS) is 14.6. The number of urea groups is 1. The predicted octanol–water partition coefficient (Wildman–Crippen LogP) is 8.26. The first kappa shape index (κ1) is 32.8. The molecular formula is C37H44N4O5. The highest BCUT2D eigenvalue weighted by Crippen LogP contribution is 2.40. The Kier molecular flexibility index (Phi) is 9.84. The maximum atomic E-state index is 13.5. The molecule has 1 fully saturated rings. The van der Waals surface area contributed by atoms with Gasteiger partial charge in [-0.3, -0.25) is 5.32 Å². The lowest BCUT2D eigenvalue weighted by Gasteiger charge is -2.24. The molecule has 1 saturated heterocycles. The molecule has 0 aliphatic carbocycles. The van der Waals surface area contributed by atoms with Crippen molar-refractivity contribution in [3.8, 4) is 16.9 Å². The second-order valence-corrected chi connectivity index (χ2v) is 12.7. The summed E-state index contributed by atoms with van der Waals surface area (Å²) in [5.41, 5.74) is 13.7. The molecule has 1 unspecified atom stereocenters.